The van der Waals surface area contributed by atoms with Crippen molar-refractivity contribution in [3.63, 3.8) is 0 Å². The Balaban J connectivity index is 1.68. The van der Waals surface area contributed by atoms with Crippen LogP contribution in [0.2, 0.25) is 0 Å². The van der Waals surface area contributed by atoms with E-state index in [-0.39, 0.29) is 47.5 Å². The van der Waals surface area contributed by atoms with Crippen molar-refractivity contribution >= 4 is 28.9 Å². The van der Waals surface area contributed by atoms with Gasteiger partial charge in [0, 0.05) is 63.2 Å². The molecule has 4 rings (SSSR count). The normalized spacial score (nSPS) is 14.8. The number of nitrogens with one attached hydrogen (secondary N) is 3. The number of aliphatic hydroxyl groups is 1. The molecule has 3 aromatic heterocycles. The average Bonchev–Trinajstić information content (AvgIpc) is 3.28. The van der Waals surface area contributed by atoms with Gasteiger partial charge in [-0.1, -0.05) is 13.8 Å². The largest absolute Gasteiger partial charge is 0.396 e. The van der Waals surface area contributed by atoms with Crippen LogP contribution in [0.25, 0.3) is 5.65 Å². The predicted octanol–water partition coefficient (Wildman–Crippen LogP) is 1.92. The van der Waals surface area contributed by atoms with Gasteiger partial charge in [-0.25, -0.2) is 9.37 Å². The number of rotatable bonds is 8. The van der Waals surface area contributed by atoms with Crippen LogP contribution in [0.4, 0.5) is 21.7 Å². The lowest BCUT2D eigenvalue weighted by Gasteiger charge is -2.24. The summed E-state index contributed by atoms with van der Waals surface area (Å²) in [6.07, 6.45) is 3.86. The molecule has 0 aromatic carbocycles. The highest BCUT2D eigenvalue weighted by Gasteiger charge is 2.22. The maximum Gasteiger partial charge on any atom is 0.274 e. The minimum Gasteiger partial charge on any atom is -0.396 e. The van der Waals surface area contributed by atoms with Crippen LogP contribution in [-0.4, -0.2) is 63.6 Å². The number of pyridine rings is 1. The third-order valence-electron chi connectivity index (χ3n) is 5.98. The van der Waals surface area contributed by atoms with Gasteiger partial charge in [0.2, 0.25) is 0 Å². The Kier molecular flexibility index (Phi) is 7.03. The minimum atomic E-state index is -0.551. The summed E-state index contributed by atoms with van der Waals surface area (Å²) in [5, 5.41) is 22.4. The molecule has 35 heavy (non-hydrogen) atoms. The highest BCUT2D eigenvalue weighted by Crippen LogP contribution is 2.24. The maximum atomic E-state index is 14.4. The summed E-state index contributed by atoms with van der Waals surface area (Å²) in [5.74, 6) is -0.202. The van der Waals surface area contributed by atoms with Crippen molar-refractivity contribution in [3.8, 4) is 0 Å². The SMILES string of the molecule is CNc1cc(Nc2cc(F)cn(C3CCOCC3)c2=O)nc2c(C(=O)NCC(C)(C)CO)cnn12. The van der Waals surface area contributed by atoms with E-state index in [1.165, 1.54) is 21.5 Å². The first-order chi connectivity index (χ1) is 16.7. The summed E-state index contributed by atoms with van der Waals surface area (Å²) in [6, 6.07) is 2.59. The van der Waals surface area contributed by atoms with Gasteiger partial charge in [-0.3, -0.25) is 9.59 Å². The molecule has 1 aliphatic rings. The van der Waals surface area contributed by atoms with E-state index in [1.54, 1.807) is 13.1 Å². The van der Waals surface area contributed by atoms with Crippen LogP contribution in [0.3, 0.4) is 0 Å². The molecule has 1 aliphatic heterocycles. The topological polar surface area (TPSA) is 135 Å². The van der Waals surface area contributed by atoms with Gasteiger partial charge < -0.3 is 30.4 Å². The molecule has 1 amide bonds. The summed E-state index contributed by atoms with van der Waals surface area (Å²) in [7, 11) is 1.68. The number of ether oxygens (including phenoxy) is 1. The van der Waals surface area contributed by atoms with E-state index in [1.807, 2.05) is 13.8 Å². The molecule has 0 saturated carbocycles. The van der Waals surface area contributed by atoms with E-state index < -0.39 is 17.1 Å². The van der Waals surface area contributed by atoms with Crippen LogP contribution < -0.4 is 21.5 Å². The fourth-order valence-corrected chi connectivity index (χ4v) is 3.87. The maximum absolute atomic E-state index is 14.4. The molecule has 4 heterocycles. The van der Waals surface area contributed by atoms with E-state index in [0.29, 0.717) is 31.9 Å². The Bertz CT molecular complexity index is 1280. The summed E-state index contributed by atoms with van der Waals surface area (Å²) >= 11 is 0. The van der Waals surface area contributed by atoms with E-state index in [4.69, 9.17) is 4.74 Å². The minimum absolute atomic E-state index is 0.0330. The van der Waals surface area contributed by atoms with Gasteiger partial charge in [-0.15, -0.1) is 0 Å². The molecular weight excluding hydrogens is 457 g/mol. The zero-order valence-electron chi connectivity index (χ0n) is 20.0. The smallest absolute Gasteiger partial charge is 0.274 e. The van der Waals surface area contributed by atoms with Crippen LogP contribution in [0.15, 0.2) is 29.3 Å². The van der Waals surface area contributed by atoms with E-state index in [9.17, 15) is 19.1 Å². The first-order valence-corrected chi connectivity index (χ1v) is 11.4. The Morgan fingerprint density at radius 3 is 2.74 bits per heavy atom. The second-order valence-corrected chi connectivity index (χ2v) is 9.33. The van der Waals surface area contributed by atoms with Crippen molar-refractivity contribution in [1.82, 2.24) is 24.5 Å². The molecule has 188 valence electrons. The molecule has 0 radical (unpaired) electrons. The Labute approximate surface area is 201 Å². The molecule has 0 spiro atoms. The first kappa shape index (κ1) is 24.6. The average molecular weight is 488 g/mol. The monoisotopic (exact) mass is 487 g/mol. The first-order valence-electron chi connectivity index (χ1n) is 11.4. The number of fused-ring (bicyclic) bond motifs is 1. The number of carbonyl (C=O) groups is 1. The quantitative estimate of drug-likeness (QED) is 0.379. The Hall–Kier alpha value is -3.51. The number of carbonyl (C=O) groups excluding carboxylic acids is 1. The van der Waals surface area contributed by atoms with Crippen LogP contribution in [0.1, 0.15) is 43.1 Å². The standard InChI is InChI=1S/C23H30FN7O4/c1-23(2,13-32)12-26-21(33)16-10-27-31-19(25-3)9-18(29-20(16)31)28-17-8-14(24)11-30(22(17)34)15-4-6-35-7-5-15/h8-11,15,25,32H,4-7,12-13H2,1-3H3,(H,26,33)(H,28,29). The summed E-state index contributed by atoms with van der Waals surface area (Å²) in [4.78, 5) is 30.4. The molecule has 0 unspecified atom stereocenters. The number of nitrogens with zero attached hydrogens (tertiary/aromatic N) is 4. The predicted molar refractivity (Wildman–Crippen MR) is 129 cm³/mol. The zero-order chi connectivity index (χ0) is 25.2. The van der Waals surface area contributed by atoms with Gasteiger partial charge in [0.05, 0.1) is 6.20 Å². The summed E-state index contributed by atoms with van der Waals surface area (Å²) < 4.78 is 22.7. The third kappa shape index (κ3) is 5.28. The number of aliphatic hydroxyl groups excluding tert-OH is 1. The second-order valence-electron chi connectivity index (χ2n) is 9.33. The fourth-order valence-electron chi connectivity index (χ4n) is 3.87. The van der Waals surface area contributed by atoms with Gasteiger partial charge in [0.15, 0.2) is 5.65 Å². The second kappa shape index (κ2) is 10.0. The van der Waals surface area contributed by atoms with Crippen molar-refractivity contribution in [3.05, 3.63) is 46.3 Å². The van der Waals surface area contributed by atoms with Crippen LogP contribution in [-0.2, 0) is 4.74 Å². The molecule has 12 heteroatoms. The van der Waals surface area contributed by atoms with E-state index >= 15 is 0 Å². The number of anilines is 3. The Morgan fingerprint density at radius 1 is 1.31 bits per heavy atom. The lowest BCUT2D eigenvalue weighted by molar-refractivity contribution is 0.0684. The van der Waals surface area contributed by atoms with Crippen LogP contribution >= 0.6 is 0 Å². The number of hydrogen-bond acceptors (Lipinski definition) is 8. The van der Waals surface area contributed by atoms with Gasteiger partial charge in [-0.05, 0) is 12.8 Å². The van der Waals surface area contributed by atoms with Crippen LogP contribution in [0.5, 0.6) is 0 Å². The fraction of sp³-hybridized carbons (Fsp3) is 0.478. The highest BCUT2D eigenvalue weighted by atomic mass is 19.1. The molecule has 11 nitrogen and oxygen atoms in total. The lowest BCUT2D eigenvalue weighted by atomic mass is 9.95. The third-order valence-corrected chi connectivity index (χ3v) is 5.98. The van der Waals surface area contributed by atoms with Gasteiger partial charge >= 0.3 is 0 Å². The Morgan fingerprint density at radius 2 is 2.06 bits per heavy atom. The highest BCUT2D eigenvalue weighted by molar-refractivity contribution is 6.00. The molecular formula is C23H30FN7O4. The number of amides is 1. The summed E-state index contributed by atoms with van der Waals surface area (Å²) in [6.45, 7) is 4.86. The van der Waals surface area contributed by atoms with E-state index in [0.717, 1.165) is 6.07 Å². The van der Waals surface area contributed by atoms with Crippen molar-refractivity contribution in [2.45, 2.75) is 32.7 Å². The molecule has 1 fully saturated rings. The lowest BCUT2D eigenvalue weighted by Crippen LogP contribution is -2.36. The summed E-state index contributed by atoms with van der Waals surface area (Å²) in [5.41, 5.74) is -0.358. The number of halogens is 1. The van der Waals surface area contributed by atoms with Crippen molar-refractivity contribution in [2.24, 2.45) is 5.41 Å². The van der Waals surface area contributed by atoms with Gasteiger partial charge in [0.25, 0.3) is 11.5 Å². The zero-order valence-corrected chi connectivity index (χ0v) is 20.0. The van der Waals surface area contributed by atoms with Crippen LogP contribution in [0, 0.1) is 11.2 Å². The molecule has 0 bridgehead atoms. The number of aromatic nitrogens is 4. The molecule has 3 aromatic rings. The van der Waals surface area contributed by atoms with Crippen molar-refractivity contribution < 1.29 is 19.0 Å². The van der Waals surface area contributed by atoms with Crippen molar-refractivity contribution in [1.29, 1.82) is 0 Å². The molecule has 1 saturated heterocycles. The van der Waals surface area contributed by atoms with Gasteiger partial charge in [0.1, 0.15) is 28.7 Å². The van der Waals surface area contributed by atoms with E-state index in [2.05, 4.69) is 26.0 Å². The van der Waals surface area contributed by atoms with Gasteiger partial charge in [-0.2, -0.15) is 9.61 Å². The number of hydrogen-bond donors (Lipinski definition) is 4. The van der Waals surface area contributed by atoms with Crippen molar-refractivity contribution in [2.75, 3.05) is 44.0 Å². The molecule has 4 N–H and O–H groups in total. The molecule has 0 aliphatic carbocycles. The molecule has 0 atom stereocenters.